The van der Waals surface area contributed by atoms with Crippen LogP contribution in [0.15, 0.2) is 24.9 Å². The number of H-pyrrole nitrogens is 1. The highest BCUT2D eigenvalue weighted by atomic mass is 16.7. The molecule has 0 spiro atoms. The van der Waals surface area contributed by atoms with Crippen molar-refractivity contribution < 1.29 is 14.0 Å². The van der Waals surface area contributed by atoms with Gasteiger partial charge in [0.25, 0.3) is 0 Å². The van der Waals surface area contributed by atoms with Gasteiger partial charge >= 0.3 is 7.12 Å². The van der Waals surface area contributed by atoms with Crippen LogP contribution in [0.5, 0.6) is 5.88 Å². The zero-order chi connectivity index (χ0) is 22.2. The number of anilines is 1. The first-order chi connectivity index (χ1) is 14.8. The van der Waals surface area contributed by atoms with Crippen molar-refractivity contribution in [2.45, 2.75) is 64.7 Å². The molecule has 9 nitrogen and oxygen atoms in total. The Morgan fingerprint density at radius 1 is 1.13 bits per heavy atom. The van der Waals surface area contributed by atoms with E-state index in [0.717, 1.165) is 29.4 Å². The molecule has 0 aliphatic carbocycles. The number of nitrogens with zero attached hydrogens (tertiary/aromatic N) is 4. The third-order valence-corrected chi connectivity index (χ3v) is 6.11. The molecule has 4 rings (SSSR count). The minimum absolute atomic E-state index is 0.0868. The molecule has 10 heteroatoms. The maximum absolute atomic E-state index is 6.23. The van der Waals surface area contributed by atoms with Crippen LogP contribution in [0.4, 0.5) is 5.82 Å². The zero-order valence-electron chi connectivity index (χ0n) is 18.9. The summed E-state index contributed by atoms with van der Waals surface area (Å²) in [6, 6.07) is 1.96. The Morgan fingerprint density at radius 3 is 2.55 bits per heavy atom. The Labute approximate surface area is 182 Å². The average molecular weight is 424 g/mol. The Balaban J connectivity index is 1.70. The molecule has 2 N–H and O–H groups in total. The van der Waals surface area contributed by atoms with E-state index in [1.54, 1.807) is 19.6 Å². The van der Waals surface area contributed by atoms with Crippen LogP contribution in [0.25, 0.3) is 11.2 Å². The Kier molecular flexibility index (Phi) is 5.61. The van der Waals surface area contributed by atoms with Gasteiger partial charge in [-0.25, -0.2) is 19.9 Å². The highest BCUT2D eigenvalue weighted by molar-refractivity contribution is 6.62. The second-order valence-corrected chi connectivity index (χ2v) is 8.76. The first-order valence-electron chi connectivity index (χ1n) is 10.6. The number of ether oxygens (including phenoxy) is 1. The minimum Gasteiger partial charge on any atom is -0.481 e. The van der Waals surface area contributed by atoms with Gasteiger partial charge in [0.2, 0.25) is 5.88 Å². The summed E-state index contributed by atoms with van der Waals surface area (Å²) in [6.07, 6.45) is 6.68. The zero-order valence-corrected chi connectivity index (χ0v) is 18.9. The van der Waals surface area contributed by atoms with Gasteiger partial charge in [0.1, 0.15) is 11.8 Å². The minimum atomic E-state index is -0.497. The van der Waals surface area contributed by atoms with Crippen molar-refractivity contribution >= 4 is 29.6 Å². The van der Waals surface area contributed by atoms with Crippen LogP contribution in [0.1, 0.15) is 59.1 Å². The third kappa shape index (κ3) is 3.97. The Morgan fingerprint density at radius 2 is 1.87 bits per heavy atom. The molecular formula is C21H29BN6O3. The summed E-state index contributed by atoms with van der Waals surface area (Å²) in [4.78, 5) is 20.5. The second kappa shape index (κ2) is 8.09. The van der Waals surface area contributed by atoms with Crippen LogP contribution < -0.4 is 15.5 Å². The van der Waals surface area contributed by atoms with Gasteiger partial charge in [-0.15, -0.1) is 0 Å². The number of fused-ring (bicyclic) bond motifs is 1. The molecule has 31 heavy (non-hydrogen) atoms. The monoisotopic (exact) mass is 424 g/mol. The van der Waals surface area contributed by atoms with Crippen LogP contribution in [0, 0.1) is 0 Å². The van der Waals surface area contributed by atoms with Crippen LogP contribution in [-0.4, -0.2) is 50.4 Å². The Bertz CT molecular complexity index is 1050. The van der Waals surface area contributed by atoms with E-state index in [9.17, 15) is 0 Å². The van der Waals surface area contributed by atoms with Crippen molar-refractivity contribution in [3.05, 3.63) is 30.5 Å². The van der Waals surface area contributed by atoms with E-state index in [-0.39, 0.29) is 6.04 Å². The molecule has 1 atom stereocenters. The quantitative estimate of drug-likeness (QED) is 0.558. The lowest BCUT2D eigenvalue weighted by Gasteiger charge is -2.32. The number of pyridine rings is 1. The van der Waals surface area contributed by atoms with E-state index >= 15 is 0 Å². The fourth-order valence-corrected chi connectivity index (χ4v) is 3.65. The van der Waals surface area contributed by atoms with Crippen molar-refractivity contribution in [3.8, 4) is 5.88 Å². The maximum atomic E-state index is 6.23. The highest BCUT2D eigenvalue weighted by Crippen LogP contribution is 2.37. The molecule has 4 heterocycles. The lowest BCUT2D eigenvalue weighted by Crippen LogP contribution is -2.41. The van der Waals surface area contributed by atoms with Crippen LogP contribution in [0.2, 0.25) is 0 Å². The summed E-state index contributed by atoms with van der Waals surface area (Å²) in [5.41, 5.74) is 2.30. The molecule has 0 saturated carbocycles. The molecule has 0 aromatic carbocycles. The predicted molar refractivity (Wildman–Crippen MR) is 119 cm³/mol. The molecule has 1 fully saturated rings. The lowest BCUT2D eigenvalue weighted by atomic mass is 9.79. The average Bonchev–Trinajstić information content (AvgIpc) is 3.29. The topological polar surface area (TPSA) is 107 Å². The van der Waals surface area contributed by atoms with Gasteiger partial charge in [0, 0.05) is 17.2 Å². The van der Waals surface area contributed by atoms with Gasteiger partial charge in [-0.2, -0.15) is 0 Å². The molecule has 1 saturated heterocycles. The van der Waals surface area contributed by atoms with Gasteiger partial charge in [-0.05, 0) is 34.1 Å². The molecule has 0 radical (unpaired) electrons. The fourth-order valence-electron chi connectivity index (χ4n) is 3.65. The van der Waals surface area contributed by atoms with Crippen molar-refractivity contribution in [2.24, 2.45) is 0 Å². The van der Waals surface area contributed by atoms with E-state index in [1.165, 1.54) is 6.33 Å². The number of imidazole rings is 1. The molecule has 1 aliphatic rings. The number of nitrogens with one attached hydrogen (secondary N) is 2. The summed E-state index contributed by atoms with van der Waals surface area (Å²) in [5.74, 6) is 1.24. The van der Waals surface area contributed by atoms with Crippen LogP contribution >= 0.6 is 0 Å². The first kappa shape index (κ1) is 21.5. The van der Waals surface area contributed by atoms with Crippen molar-refractivity contribution in [1.29, 1.82) is 0 Å². The highest BCUT2D eigenvalue weighted by Gasteiger charge is 2.52. The van der Waals surface area contributed by atoms with E-state index in [1.807, 2.05) is 33.8 Å². The van der Waals surface area contributed by atoms with E-state index < -0.39 is 18.3 Å². The van der Waals surface area contributed by atoms with E-state index in [2.05, 4.69) is 37.2 Å². The number of rotatable bonds is 7. The summed E-state index contributed by atoms with van der Waals surface area (Å²) in [7, 11) is 1.13. The normalized spacial score (nSPS) is 18.3. The van der Waals surface area contributed by atoms with Crippen molar-refractivity contribution in [3.63, 3.8) is 0 Å². The lowest BCUT2D eigenvalue weighted by molar-refractivity contribution is 0.00578. The molecule has 0 bridgehead atoms. The van der Waals surface area contributed by atoms with Crippen molar-refractivity contribution in [1.82, 2.24) is 24.9 Å². The van der Waals surface area contributed by atoms with E-state index in [4.69, 9.17) is 14.0 Å². The van der Waals surface area contributed by atoms with Crippen LogP contribution in [0.3, 0.4) is 0 Å². The fraction of sp³-hybridized carbons (Fsp3) is 0.524. The molecular weight excluding hydrogens is 395 g/mol. The van der Waals surface area contributed by atoms with Crippen molar-refractivity contribution in [2.75, 3.05) is 12.4 Å². The third-order valence-electron chi connectivity index (χ3n) is 6.11. The molecule has 3 aromatic heterocycles. The number of methoxy groups -OCH3 is 1. The second-order valence-electron chi connectivity index (χ2n) is 8.76. The summed E-state index contributed by atoms with van der Waals surface area (Å²) in [5, 5.41) is 3.53. The first-order valence-corrected chi connectivity index (χ1v) is 10.6. The molecule has 164 valence electrons. The van der Waals surface area contributed by atoms with Gasteiger partial charge in [-0.1, -0.05) is 19.4 Å². The number of hydrogen-bond acceptors (Lipinski definition) is 8. The van der Waals surface area contributed by atoms with Gasteiger partial charge in [0.15, 0.2) is 11.5 Å². The molecule has 3 aromatic rings. The number of aromatic amines is 1. The van der Waals surface area contributed by atoms with Gasteiger partial charge in [0.05, 0.1) is 30.7 Å². The summed E-state index contributed by atoms with van der Waals surface area (Å²) < 4.78 is 18.0. The molecule has 0 amide bonds. The standard InChI is InChI=1S/C21H29BN6O3/c1-7-8-15(28-18-16-17(25-11-24-16)26-12-27-18)14-9-13(10-23-19(14)29-6)22-30-20(2,3)21(4,5)31-22/h9-12,15H,7-8H2,1-6H3,(H2,24,25,26,27,28). The smallest absolute Gasteiger partial charge is 0.481 e. The molecule has 1 unspecified atom stereocenters. The maximum Gasteiger partial charge on any atom is 0.496 e. The predicted octanol–water partition coefficient (Wildman–Crippen LogP) is 3.01. The largest absolute Gasteiger partial charge is 0.496 e. The summed E-state index contributed by atoms with van der Waals surface area (Å²) >= 11 is 0. The SMILES string of the molecule is CCCC(Nc1ncnc2nc[nH]c12)c1cc(B2OC(C)(C)C(C)(C)O2)cnc1OC. The van der Waals surface area contributed by atoms with Crippen LogP contribution in [-0.2, 0) is 9.31 Å². The van der Waals surface area contributed by atoms with E-state index in [0.29, 0.717) is 17.3 Å². The van der Waals surface area contributed by atoms with Gasteiger partial charge in [-0.3, -0.25) is 0 Å². The summed E-state index contributed by atoms with van der Waals surface area (Å²) in [6.45, 7) is 10.3. The van der Waals surface area contributed by atoms with Gasteiger partial charge < -0.3 is 24.3 Å². The number of hydrogen-bond donors (Lipinski definition) is 2. The Hall–Kier alpha value is -2.72. The number of aromatic nitrogens is 5. The molecule has 1 aliphatic heterocycles.